The maximum Gasteiger partial charge on any atom is 0.408 e. The van der Waals surface area contributed by atoms with Gasteiger partial charge in [0.25, 0.3) is 0 Å². The van der Waals surface area contributed by atoms with Gasteiger partial charge in [-0.25, -0.2) is 4.79 Å². The molecule has 0 aromatic carbocycles. The third-order valence-corrected chi connectivity index (χ3v) is 2.46. The van der Waals surface area contributed by atoms with E-state index < -0.39 is 11.7 Å². The maximum atomic E-state index is 11.5. The van der Waals surface area contributed by atoms with Crippen molar-refractivity contribution >= 4 is 6.09 Å². The van der Waals surface area contributed by atoms with Gasteiger partial charge in [-0.1, -0.05) is 0 Å². The van der Waals surface area contributed by atoms with Crippen molar-refractivity contribution in [1.82, 2.24) is 10.6 Å². The lowest BCUT2D eigenvalue weighted by Crippen LogP contribution is -2.51. The summed E-state index contributed by atoms with van der Waals surface area (Å²) >= 11 is 0. The van der Waals surface area contributed by atoms with E-state index in [9.17, 15) is 4.79 Å². The van der Waals surface area contributed by atoms with Gasteiger partial charge in [0.2, 0.25) is 0 Å². The zero-order valence-electron chi connectivity index (χ0n) is 10.2. The summed E-state index contributed by atoms with van der Waals surface area (Å²) in [5.74, 6) is 0.265. The monoisotopic (exact) mass is 230 g/mol. The van der Waals surface area contributed by atoms with Crippen LogP contribution in [0.15, 0.2) is 0 Å². The first-order valence-electron chi connectivity index (χ1n) is 5.74. The van der Waals surface area contributed by atoms with Gasteiger partial charge in [-0.05, 0) is 46.1 Å². The molecule has 3 N–H and O–H groups in total. The van der Waals surface area contributed by atoms with E-state index in [1.807, 2.05) is 20.8 Å². The molecule has 0 bridgehead atoms. The first kappa shape index (κ1) is 13.3. The minimum atomic E-state index is -0.477. The van der Waals surface area contributed by atoms with Gasteiger partial charge >= 0.3 is 6.09 Å². The van der Waals surface area contributed by atoms with Crippen LogP contribution in [0, 0.1) is 5.92 Å². The summed E-state index contributed by atoms with van der Waals surface area (Å²) in [6.45, 7) is 6.48. The highest BCUT2D eigenvalue weighted by Gasteiger charge is 2.24. The van der Waals surface area contributed by atoms with E-state index in [4.69, 9.17) is 9.84 Å². The lowest BCUT2D eigenvalue weighted by Gasteiger charge is -2.30. The SMILES string of the molecule is CC(C)(C)OC(=O)NC1CC(CO)CCN1. The Bertz CT molecular complexity index is 238. The Morgan fingerprint density at radius 1 is 1.56 bits per heavy atom. The zero-order chi connectivity index (χ0) is 12.2. The molecule has 1 amide bonds. The molecule has 1 rings (SSSR count). The minimum Gasteiger partial charge on any atom is -0.444 e. The minimum absolute atomic E-state index is 0.0965. The van der Waals surface area contributed by atoms with Gasteiger partial charge in [-0.3, -0.25) is 5.32 Å². The third kappa shape index (κ3) is 4.81. The van der Waals surface area contributed by atoms with Crippen molar-refractivity contribution in [3.8, 4) is 0 Å². The van der Waals surface area contributed by atoms with E-state index in [-0.39, 0.29) is 18.7 Å². The molecule has 0 spiro atoms. The van der Waals surface area contributed by atoms with Gasteiger partial charge in [0.05, 0.1) is 6.17 Å². The summed E-state index contributed by atoms with van der Waals surface area (Å²) in [5.41, 5.74) is -0.477. The average Bonchev–Trinajstić information content (AvgIpc) is 2.15. The first-order chi connectivity index (χ1) is 7.40. The molecule has 1 heterocycles. The Hall–Kier alpha value is -0.810. The molecule has 1 saturated heterocycles. The molecule has 1 aliphatic rings. The number of hydrogen-bond acceptors (Lipinski definition) is 4. The van der Waals surface area contributed by atoms with Crippen molar-refractivity contribution in [1.29, 1.82) is 0 Å². The van der Waals surface area contributed by atoms with E-state index in [0.29, 0.717) is 0 Å². The fourth-order valence-corrected chi connectivity index (χ4v) is 1.72. The standard InChI is InChI=1S/C11H22N2O3/c1-11(2,3)16-10(15)13-9-6-8(7-14)4-5-12-9/h8-9,12,14H,4-7H2,1-3H3,(H,13,15). The predicted molar refractivity (Wildman–Crippen MR) is 61.0 cm³/mol. The zero-order valence-corrected chi connectivity index (χ0v) is 10.2. The summed E-state index contributed by atoms with van der Waals surface area (Å²) in [6, 6.07) is 0. The molecule has 2 atom stereocenters. The van der Waals surface area contributed by atoms with Crippen LogP contribution in [0.5, 0.6) is 0 Å². The molecule has 5 nitrogen and oxygen atoms in total. The van der Waals surface area contributed by atoms with Crippen LogP contribution in [0.25, 0.3) is 0 Å². The molecule has 0 radical (unpaired) electrons. The van der Waals surface area contributed by atoms with Crippen LogP contribution >= 0.6 is 0 Å². The van der Waals surface area contributed by atoms with Crippen LogP contribution in [-0.2, 0) is 4.74 Å². The van der Waals surface area contributed by atoms with Crippen molar-refractivity contribution in [2.45, 2.75) is 45.4 Å². The number of alkyl carbamates (subject to hydrolysis) is 1. The van der Waals surface area contributed by atoms with Gasteiger partial charge in [-0.15, -0.1) is 0 Å². The van der Waals surface area contributed by atoms with E-state index in [2.05, 4.69) is 10.6 Å². The van der Waals surface area contributed by atoms with Crippen LogP contribution in [0.4, 0.5) is 4.79 Å². The smallest absolute Gasteiger partial charge is 0.408 e. The van der Waals surface area contributed by atoms with E-state index in [1.54, 1.807) is 0 Å². The molecule has 0 aromatic heterocycles. The largest absolute Gasteiger partial charge is 0.444 e. The summed E-state index contributed by atoms with van der Waals surface area (Å²) < 4.78 is 5.16. The number of amides is 1. The lowest BCUT2D eigenvalue weighted by molar-refractivity contribution is 0.0464. The van der Waals surface area contributed by atoms with Crippen LogP contribution in [0.1, 0.15) is 33.6 Å². The molecular weight excluding hydrogens is 208 g/mol. The second-order valence-corrected chi connectivity index (χ2v) is 5.23. The van der Waals surface area contributed by atoms with Crippen molar-refractivity contribution < 1.29 is 14.6 Å². The molecule has 2 unspecified atom stereocenters. The second-order valence-electron chi connectivity index (χ2n) is 5.23. The molecular formula is C11H22N2O3. The van der Waals surface area contributed by atoms with Crippen LogP contribution < -0.4 is 10.6 Å². The molecule has 5 heteroatoms. The predicted octanol–water partition coefficient (Wildman–Crippen LogP) is 0.829. The number of carbonyl (C=O) groups excluding carboxylic acids is 1. The van der Waals surface area contributed by atoms with Crippen molar-refractivity contribution in [2.24, 2.45) is 5.92 Å². The van der Waals surface area contributed by atoms with Crippen molar-refractivity contribution in [3.05, 3.63) is 0 Å². The Labute approximate surface area is 96.6 Å². The Morgan fingerprint density at radius 2 is 2.25 bits per heavy atom. The highest BCUT2D eigenvalue weighted by molar-refractivity contribution is 5.68. The fourth-order valence-electron chi connectivity index (χ4n) is 1.72. The average molecular weight is 230 g/mol. The number of piperidine rings is 1. The van der Waals surface area contributed by atoms with E-state index in [0.717, 1.165) is 19.4 Å². The molecule has 0 aromatic rings. The summed E-state index contributed by atoms with van der Waals surface area (Å²) in [7, 11) is 0. The number of ether oxygens (including phenoxy) is 1. The summed E-state index contributed by atoms with van der Waals surface area (Å²) in [6.07, 6.45) is 1.18. The van der Waals surface area contributed by atoms with Gasteiger partial charge in [0, 0.05) is 6.61 Å². The van der Waals surface area contributed by atoms with Crippen LogP contribution in [-0.4, -0.2) is 36.1 Å². The van der Waals surface area contributed by atoms with Crippen LogP contribution in [0.3, 0.4) is 0 Å². The van der Waals surface area contributed by atoms with Crippen molar-refractivity contribution in [2.75, 3.05) is 13.2 Å². The highest BCUT2D eigenvalue weighted by atomic mass is 16.6. The lowest BCUT2D eigenvalue weighted by atomic mass is 9.97. The number of aliphatic hydroxyl groups is 1. The molecule has 0 aliphatic carbocycles. The Balaban J connectivity index is 2.33. The fraction of sp³-hybridized carbons (Fsp3) is 0.909. The van der Waals surface area contributed by atoms with Gasteiger partial charge in [0.1, 0.15) is 5.60 Å². The van der Waals surface area contributed by atoms with Gasteiger partial charge < -0.3 is 15.2 Å². The number of aliphatic hydroxyl groups excluding tert-OH is 1. The molecule has 0 saturated carbocycles. The van der Waals surface area contributed by atoms with Crippen molar-refractivity contribution in [3.63, 3.8) is 0 Å². The summed E-state index contributed by atoms with van der Waals surface area (Å²) in [5, 5.41) is 15.0. The normalized spacial score (nSPS) is 26.2. The van der Waals surface area contributed by atoms with Gasteiger partial charge in [0.15, 0.2) is 0 Å². The Kier molecular flexibility index (Phi) is 4.56. The van der Waals surface area contributed by atoms with Crippen LogP contribution in [0.2, 0.25) is 0 Å². The molecule has 94 valence electrons. The number of carbonyl (C=O) groups is 1. The maximum absolute atomic E-state index is 11.5. The summed E-state index contributed by atoms with van der Waals surface area (Å²) in [4.78, 5) is 11.5. The first-order valence-corrected chi connectivity index (χ1v) is 5.74. The Morgan fingerprint density at radius 3 is 2.81 bits per heavy atom. The third-order valence-electron chi connectivity index (χ3n) is 2.46. The molecule has 16 heavy (non-hydrogen) atoms. The van der Waals surface area contributed by atoms with E-state index in [1.165, 1.54) is 0 Å². The number of rotatable bonds is 2. The molecule has 1 aliphatic heterocycles. The number of nitrogens with one attached hydrogen (secondary N) is 2. The quantitative estimate of drug-likeness (QED) is 0.657. The van der Waals surface area contributed by atoms with E-state index >= 15 is 0 Å². The number of hydrogen-bond donors (Lipinski definition) is 3. The van der Waals surface area contributed by atoms with Gasteiger partial charge in [-0.2, -0.15) is 0 Å². The highest BCUT2D eigenvalue weighted by Crippen LogP contribution is 2.14. The molecule has 1 fully saturated rings. The second kappa shape index (κ2) is 5.50. The topological polar surface area (TPSA) is 70.6 Å².